The van der Waals surface area contributed by atoms with Gasteiger partial charge in [-0.05, 0) is 62.1 Å². The molecule has 26 heavy (non-hydrogen) atoms. The summed E-state index contributed by atoms with van der Waals surface area (Å²) in [5, 5.41) is 6.05. The molecule has 3 heterocycles. The SMILES string of the molecule is COc1ccc(NC(=O)NC2C[C@H]3CC[C@@H](C2)N3Cc2ccco2)cc1. The molecule has 2 amide bonds. The first kappa shape index (κ1) is 17.0. The first-order chi connectivity index (χ1) is 12.7. The molecule has 2 aliphatic rings. The van der Waals surface area contributed by atoms with Crippen LogP contribution in [0, 0.1) is 0 Å². The van der Waals surface area contributed by atoms with Crippen LogP contribution in [0.4, 0.5) is 10.5 Å². The molecule has 0 aliphatic carbocycles. The maximum atomic E-state index is 12.3. The predicted octanol–water partition coefficient (Wildman–Crippen LogP) is 3.61. The number of anilines is 1. The zero-order valence-electron chi connectivity index (χ0n) is 15.0. The van der Waals surface area contributed by atoms with E-state index < -0.39 is 0 Å². The lowest BCUT2D eigenvalue weighted by Gasteiger charge is -2.38. The van der Waals surface area contributed by atoms with Crippen molar-refractivity contribution >= 4 is 11.7 Å². The molecule has 2 fully saturated rings. The monoisotopic (exact) mass is 355 g/mol. The number of carbonyl (C=O) groups excluding carboxylic acids is 1. The van der Waals surface area contributed by atoms with Gasteiger partial charge in [0.25, 0.3) is 0 Å². The Morgan fingerprint density at radius 2 is 1.92 bits per heavy atom. The Kier molecular flexibility index (Phi) is 4.84. The molecule has 2 aromatic rings. The van der Waals surface area contributed by atoms with Gasteiger partial charge in [-0.3, -0.25) is 4.90 Å². The van der Waals surface area contributed by atoms with Crippen molar-refractivity contribution in [2.24, 2.45) is 0 Å². The van der Waals surface area contributed by atoms with Crippen molar-refractivity contribution in [1.29, 1.82) is 0 Å². The van der Waals surface area contributed by atoms with E-state index in [9.17, 15) is 4.79 Å². The van der Waals surface area contributed by atoms with Gasteiger partial charge in [-0.1, -0.05) is 0 Å². The summed E-state index contributed by atoms with van der Waals surface area (Å²) < 4.78 is 10.6. The van der Waals surface area contributed by atoms with E-state index in [1.54, 1.807) is 13.4 Å². The van der Waals surface area contributed by atoms with E-state index in [4.69, 9.17) is 9.15 Å². The fourth-order valence-corrected chi connectivity index (χ4v) is 4.26. The lowest BCUT2D eigenvalue weighted by Crippen LogP contribution is -2.50. The maximum absolute atomic E-state index is 12.3. The Hall–Kier alpha value is -2.47. The summed E-state index contributed by atoms with van der Waals surface area (Å²) in [6, 6.07) is 12.4. The Labute approximate surface area is 153 Å². The van der Waals surface area contributed by atoms with Crippen molar-refractivity contribution in [2.45, 2.75) is 50.4 Å². The number of benzene rings is 1. The highest BCUT2D eigenvalue weighted by Crippen LogP contribution is 2.36. The highest BCUT2D eigenvalue weighted by molar-refractivity contribution is 5.89. The van der Waals surface area contributed by atoms with E-state index in [-0.39, 0.29) is 12.1 Å². The minimum Gasteiger partial charge on any atom is -0.497 e. The molecule has 138 valence electrons. The van der Waals surface area contributed by atoms with Gasteiger partial charge in [-0.2, -0.15) is 0 Å². The quantitative estimate of drug-likeness (QED) is 0.860. The number of fused-ring (bicyclic) bond motifs is 2. The van der Waals surface area contributed by atoms with Gasteiger partial charge >= 0.3 is 6.03 Å². The molecule has 1 unspecified atom stereocenters. The van der Waals surface area contributed by atoms with Gasteiger partial charge in [0, 0.05) is 23.8 Å². The second kappa shape index (κ2) is 7.41. The standard InChI is InChI=1S/C20H25N3O3/c1-25-18-8-4-14(5-9-18)21-20(24)22-15-11-16-6-7-17(12-15)23(16)13-19-3-2-10-26-19/h2-5,8-10,15-17H,6-7,11-13H2,1H3,(H2,21,22,24)/t15?,16-,17+. The van der Waals surface area contributed by atoms with E-state index >= 15 is 0 Å². The third-order valence-electron chi connectivity index (χ3n) is 5.49. The van der Waals surface area contributed by atoms with Crippen LogP contribution in [-0.2, 0) is 6.54 Å². The molecule has 1 aromatic heterocycles. The summed E-state index contributed by atoms with van der Waals surface area (Å²) in [5.41, 5.74) is 0.765. The van der Waals surface area contributed by atoms with Crippen molar-refractivity contribution in [3.05, 3.63) is 48.4 Å². The van der Waals surface area contributed by atoms with Crippen LogP contribution in [0.1, 0.15) is 31.4 Å². The summed E-state index contributed by atoms with van der Waals surface area (Å²) in [7, 11) is 1.63. The molecule has 4 rings (SSSR count). The fraction of sp³-hybridized carbons (Fsp3) is 0.450. The van der Waals surface area contributed by atoms with Crippen LogP contribution in [0.25, 0.3) is 0 Å². The molecule has 2 aliphatic heterocycles. The number of hydrogen-bond donors (Lipinski definition) is 2. The topological polar surface area (TPSA) is 66.7 Å². The normalized spacial score (nSPS) is 25.0. The first-order valence-corrected chi connectivity index (χ1v) is 9.21. The smallest absolute Gasteiger partial charge is 0.319 e. The van der Waals surface area contributed by atoms with Crippen LogP contribution in [0.15, 0.2) is 47.1 Å². The van der Waals surface area contributed by atoms with Gasteiger partial charge in [-0.25, -0.2) is 4.79 Å². The van der Waals surface area contributed by atoms with E-state index in [0.717, 1.165) is 36.6 Å². The number of urea groups is 1. The van der Waals surface area contributed by atoms with E-state index in [2.05, 4.69) is 15.5 Å². The molecule has 3 atom stereocenters. The van der Waals surface area contributed by atoms with E-state index in [1.807, 2.05) is 36.4 Å². The van der Waals surface area contributed by atoms with Crippen molar-refractivity contribution in [2.75, 3.05) is 12.4 Å². The second-order valence-corrected chi connectivity index (χ2v) is 7.13. The molecular weight excluding hydrogens is 330 g/mol. The summed E-state index contributed by atoms with van der Waals surface area (Å²) in [6.07, 6.45) is 6.11. The molecule has 2 saturated heterocycles. The molecule has 0 saturated carbocycles. The lowest BCUT2D eigenvalue weighted by molar-refractivity contribution is 0.104. The van der Waals surface area contributed by atoms with Crippen molar-refractivity contribution in [3.8, 4) is 5.75 Å². The van der Waals surface area contributed by atoms with Gasteiger partial charge in [0.2, 0.25) is 0 Å². The Balaban J connectivity index is 1.30. The number of nitrogens with zero attached hydrogens (tertiary/aromatic N) is 1. The van der Waals surface area contributed by atoms with Crippen LogP contribution in [-0.4, -0.2) is 36.2 Å². The summed E-state index contributed by atoms with van der Waals surface area (Å²) in [6.45, 7) is 0.868. The van der Waals surface area contributed by atoms with Crippen LogP contribution < -0.4 is 15.4 Å². The third-order valence-corrected chi connectivity index (χ3v) is 5.49. The lowest BCUT2D eigenvalue weighted by atomic mass is 9.97. The number of carbonyl (C=O) groups is 1. The van der Waals surface area contributed by atoms with Crippen molar-refractivity contribution in [1.82, 2.24) is 10.2 Å². The number of amides is 2. The zero-order chi connectivity index (χ0) is 17.9. The highest BCUT2D eigenvalue weighted by Gasteiger charge is 2.41. The number of nitrogens with one attached hydrogen (secondary N) is 2. The van der Waals surface area contributed by atoms with Crippen molar-refractivity contribution < 1.29 is 13.9 Å². The van der Waals surface area contributed by atoms with Crippen molar-refractivity contribution in [3.63, 3.8) is 0 Å². The molecular formula is C20H25N3O3. The minimum absolute atomic E-state index is 0.140. The molecule has 0 spiro atoms. The van der Waals surface area contributed by atoms with Crippen LogP contribution in [0.3, 0.4) is 0 Å². The van der Waals surface area contributed by atoms with E-state index in [0.29, 0.717) is 12.1 Å². The van der Waals surface area contributed by atoms with Crippen LogP contribution >= 0.6 is 0 Å². The second-order valence-electron chi connectivity index (χ2n) is 7.13. The number of hydrogen-bond acceptors (Lipinski definition) is 4. The van der Waals surface area contributed by atoms with Gasteiger partial charge in [0.05, 0.1) is 19.9 Å². The minimum atomic E-state index is -0.140. The van der Waals surface area contributed by atoms with E-state index in [1.165, 1.54) is 12.8 Å². The summed E-state index contributed by atoms with van der Waals surface area (Å²) in [5.74, 6) is 1.79. The molecule has 1 aromatic carbocycles. The van der Waals surface area contributed by atoms with Crippen LogP contribution in [0.5, 0.6) is 5.75 Å². The largest absolute Gasteiger partial charge is 0.497 e. The highest BCUT2D eigenvalue weighted by atomic mass is 16.5. The Bertz CT molecular complexity index is 715. The maximum Gasteiger partial charge on any atom is 0.319 e. The molecule has 2 bridgehead atoms. The molecule has 0 radical (unpaired) electrons. The Morgan fingerprint density at radius 1 is 1.19 bits per heavy atom. The van der Waals surface area contributed by atoms with Gasteiger partial charge in [0.1, 0.15) is 11.5 Å². The Morgan fingerprint density at radius 3 is 2.54 bits per heavy atom. The molecule has 2 N–H and O–H groups in total. The number of piperidine rings is 1. The summed E-state index contributed by atoms with van der Waals surface area (Å²) >= 11 is 0. The number of methoxy groups -OCH3 is 1. The number of rotatable bonds is 5. The molecule has 6 heteroatoms. The summed E-state index contributed by atoms with van der Waals surface area (Å²) in [4.78, 5) is 14.9. The van der Waals surface area contributed by atoms with Gasteiger partial charge < -0.3 is 19.8 Å². The van der Waals surface area contributed by atoms with Crippen LogP contribution in [0.2, 0.25) is 0 Å². The predicted molar refractivity (Wildman–Crippen MR) is 99.2 cm³/mol. The average molecular weight is 355 g/mol. The fourth-order valence-electron chi connectivity index (χ4n) is 4.26. The first-order valence-electron chi connectivity index (χ1n) is 9.21. The molecule has 6 nitrogen and oxygen atoms in total. The number of ether oxygens (including phenoxy) is 1. The third kappa shape index (κ3) is 3.70. The average Bonchev–Trinajstić information content (AvgIpc) is 3.22. The van der Waals surface area contributed by atoms with Gasteiger partial charge in [0.15, 0.2) is 0 Å². The number of furan rings is 1. The zero-order valence-corrected chi connectivity index (χ0v) is 15.0. The van der Waals surface area contributed by atoms with Gasteiger partial charge in [-0.15, -0.1) is 0 Å².